The van der Waals surface area contributed by atoms with Gasteiger partial charge in [-0.05, 0) is 42.8 Å². The van der Waals surface area contributed by atoms with E-state index in [4.69, 9.17) is 9.05 Å². The predicted molar refractivity (Wildman–Crippen MR) is 130 cm³/mol. The Morgan fingerprint density at radius 3 is 1.50 bits per heavy atom. The first-order valence-corrected chi connectivity index (χ1v) is 14.0. The molecule has 2 atom stereocenters. The zero-order valence-corrected chi connectivity index (χ0v) is 20.6. The van der Waals surface area contributed by atoms with E-state index in [1.807, 2.05) is 0 Å². The molecule has 3 aromatic rings. The summed E-state index contributed by atoms with van der Waals surface area (Å²) < 4.78 is 36.8. The number of benzene rings is 3. The van der Waals surface area contributed by atoms with Crippen LogP contribution in [0.1, 0.15) is 33.6 Å². The van der Waals surface area contributed by atoms with Gasteiger partial charge in [-0.15, -0.1) is 0 Å². The molecule has 0 aromatic heterocycles. The van der Waals surface area contributed by atoms with Crippen molar-refractivity contribution in [2.45, 2.75) is 17.9 Å². The fourth-order valence-electron chi connectivity index (χ4n) is 3.75. The van der Waals surface area contributed by atoms with Crippen molar-refractivity contribution in [2.24, 2.45) is 0 Å². The molecule has 2 unspecified atom stereocenters. The fourth-order valence-corrected chi connectivity index (χ4v) is 7.26. The maximum Gasteiger partial charge on any atom is 0.421 e. The molecule has 0 saturated heterocycles. The molecule has 3 N–H and O–H groups in total. The maximum absolute atomic E-state index is 13.3. The van der Waals surface area contributed by atoms with Gasteiger partial charge in [0.25, 0.3) is 16.9 Å². The van der Waals surface area contributed by atoms with Crippen molar-refractivity contribution in [1.82, 2.24) is 4.90 Å². The molecule has 3 aromatic carbocycles. The van der Waals surface area contributed by atoms with Gasteiger partial charge in [0.15, 0.2) is 0 Å². The van der Waals surface area contributed by atoms with Crippen LogP contribution in [0.5, 0.6) is 11.5 Å². The molecule has 0 fully saturated rings. The van der Waals surface area contributed by atoms with Gasteiger partial charge in [0.1, 0.15) is 11.5 Å². The van der Waals surface area contributed by atoms with Gasteiger partial charge in [0, 0.05) is 13.0 Å². The smallest absolute Gasteiger partial charge is 0.421 e. The SMILES string of the molecule is O=C1c2ccccc2C(=O)N1CCCC(O)(P(=O)(O)Oc1ccccc1)P(=O)(O)Oc1ccccc1. The van der Waals surface area contributed by atoms with Crippen LogP contribution in [0.15, 0.2) is 84.9 Å². The zero-order valence-electron chi connectivity index (χ0n) is 18.8. The number of carbonyl (C=O) groups is 2. The highest BCUT2D eigenvalue weighted by atomic mass is 31.2. The average molecular weight is 531 g/mol. The summed E-state index contributed by atoms with van der Waals surface area (Å²) in [4.78, 5) is 47.7. The normalized spacial score (nSPS) is 18.0. The topological polar surface area (TPSA) is 151 Å². The standard InChI is InChI=1S/C24H23NO9P2/c26-22-20-14-7-8-15-21(20)23(27)25(22)17-9-16-24(28,35(29,30)33-18-10-3-1-4-11-18)36(31,32)34-19-12-5-2-6-13-19/h1-8,10-15,28H,9,16-17H2,(H,29,30)(H,31,32). The van der Waals surface area contributed by atoms with E-state index in [0.717, 1.165) is 4.90 Å². The number of rotatable bonds is 10. The van der Waals surface area contributed by atoms with Crippen LogP contribution < -0.4 is 9.05 Å². The first kappa shape index (κ1) is 25.8. The van der Waals surface area contributed by atoms with Crippen molar-refractivity contribution < 1.29 is 42.7 Å². The number of hydrogen-bond acceptors (Lipinski definition) is 7. The monoisotopic (exact) mass is 531 g/mol. The van der Waals surface area contributed by atoms with E-state index in [-0.39, 0.29) is 35.6 Å². The van der Waals surface area contributed by atoms with Crippen LogP contribution in [0, 0.1) is 0 Å². The lowest BCUT2D eigenvalue weighted by Gasteiger charge is -2.34. The fraction of sp³-hybridized carbons (Fsp3) is 0.167. The Kier molecular flexibility index (Phi) is 7.18. The molecule has 0 spiro atoms. The van der Waals surface area contributed by atoms with Crippen molar-refractivity contribution in [2.75, 3.05) is 6.54 Å². The second-order valence-electron chi connectivity index (χ2n) is 8.03. The van der Waals surface area contributed by atoms with E-state index >= 15 is 0 Å². The lowest BCUT2D eigenvalue weighted by Crippen LogP contribution is -2.36. The Morgan fingerprint density at radius 1 is 0.694 bits per heavy atom. The van der Waals surface area contributed by atoms with Gasteiger partial charge in [-0.1, -0.05) is 48.5 Å². The Balaban J connectivity index is 1.59. The Hall–Kier alpha value is -3.26. The minimum absolute atomic E-state index is 0.123. The van der Waals surface area contributed by atoms with Crippen molar-refractivity contribution in [1.29, 1.82) is 0 Å². The summed E-state index contributed by atoms with van der Waals surface area (Å²) in [5.74, 6) is -1.39. The molecule has 12 heteroatoms. The van der Waals surface area contributed by atoms with Crippen molar-refractivity contribution in [3.8, 4) is 11.5 Å². The second kappa shape index (κ2) is 10.0. The Bertz CT molecular complexity index is 1270. The number of hydrogen-bond donors (Lipinski definition) is 3. The second-order valence-corrected chi connectivity index (χ2v) is 12.3. The number of amides is 2. The molecule has 0 radical (unpaired) electrons. The van der Waals surface area contributed by atoms with Crippen molar-refractivity contribution in [3.05, 3.63) is 96.1 Å². The molecule has 0 bridgehead atoms. The molecule has 2 amide bonds. The summed E-state index contributed by atoms with van der Waals surface area (Å²) in [6.07, 6.45) is -1.10. The number of carbonyl (C=O) groups excluding carboxylic acids is 2. The molecule has 0 aliphatic carbocycles. The molecular formula is C24H23NO9P2. The number of para-hydroxylation sites is 2. The molecule has 4 rings (SSSR count). The first-order valence-electron chi connectivity index (χ1n) is 10.9. The zero-order chi connectivity index (χ0) is 26.0. The number of aliphatic hydroxyl groups is 1. The summed E-state index contributed by atoms with van der Waals surface area (Å²) in [6.45, 7) is -0.286. The van der Waals surface area contributed by atoms with Crippen LogP contribution in [0.25, 0.3) is 0 Å². The van der Waals surface area contributed by atoms with Crippen LogP contribution in [-0.4, -0.2) is 43.2 Å². The third-order valence-electron chi connectivity index (χ3n) is 5.62. The molecule has 1 aliphatic rings. The third kappa shape index (κ3) is 4.87. The molecule has 188 valence electrons. The maximum atomic E-state index is 13.3. The van der Waals surface area contributed by atoms with Gasteiger partial charge in [0.2, 0.25) is 0 Å². The van der Waals surface area contributed by atoms with Gasteiger partial charge >= 0.3 is 15.2 Å². The lowest BCUT2D eigenvalue weighted by atomic mass is 10.1. The predicted octanol–water partition coefficient (Wildman–Crippen LogP) is 4.24. The third-order valence-corrected chi connectivity index (χ3v) is 10.3. The van der Waals surface area contributed by atoms with Gasteiger partial charge in [-0.25, -0.2) is 9.13 Å². The summed E-state index contributed by atoms with van der Waals surface area (Å²) in [7, 11) is -10.6. The Morgan fingerprint density at radius 2 is 1.08 bits per heavy atom. The van der Waals surface area contributed by atoms with E-state index in [9.17, 15) is 33.6 Å². The summed E-state index contributed by atoms with van der Waals surface area (Å²) >= 11 is 0. The van der Waals surface area contributed by atoms with Crippen LogP contribution >= 0.6 is 15.2 Å². The highest BCUT2D eigenvalue weighted by Crippen LogP contribution is 2.73. The summed E-state index contributed by atoms with van der Waals surface area (Å²) in [5, 5.41) is 8.02. The largest absolute Gasteiger partial charge is 0.422 e. The quantitative estimate of drug-likeness (QED) is 0.258. The lowest BCUT2D eigenvalue weighted by molar-refractivity contribution is 0.0639. The minimum atomic E-state index is -5.32. The first-order chi connectivity index (χ1) is 17.1. The van der Waals surface area contributed by atoms with E-state index in [0.29, 0.717) is 0 Å². The number of fused-ring (bicyclic) bond motifs is 1. The van der Waals surface area contributed by atoms with Crippen LogP contribution in [-0.2, 0) is 9.13 Å². The van der Waals surface area contributed by atoms with Crippen LogP contribution in [0.4, 0.5) is 0 Å². The molecule has 1 heterocycles. The van der Waals surface area contributed by atoms with Gasteiger partial charge in [-0.2, -0.15) is 0 Å². The average Bonchev–Trinajstić information content (AvgIpc) is 3.09. The highest BCUT2D eigenvalue weighted by Gasteiger charge is 2.64. The van der Waals surface area contributed by atoms with E-state index in [1.54, 1.807) is 24.3 Å². The summed E-state index contributed by atoms with van der Waals surface area (Å²) in [6, 6.07) is 20.8. The highest BCUT2D eigenvalue weighted by molar-refractivity contribution is 7.73. The number of imide groups is 1. The molecule has 1 aliphatic heterocycles. The minimum Gasteiger partial charge on any atom is -0.422 e. The van der Waals surface area contributed by atoms with Crippen LogP contribution in [0.2, 0.25) is 0 Å². The Labute approximate surface area is 206 Å². The van der Waals surface area contributed by atoms with Gasteiger partial charge in [0.05, 0.1) is 11.1 Å². The van der Waals surface area contributed by atoms with Crippen molar-refractivity contribution in [3.63, 3.8) is 0 Å². The van der Waals surface area contributed by atoms with E-state index in [1.165, 1.54) is 60.7 Å². The molecule has 0 saturated carbocycles. The van der Waals surface area contributed by atoms with Crippen LogP contribution in [0.3, 0.4) is 0 Å². The molecular weight excluding hydrogens is 508 g/mol. The van der Waals surface area contributed by atoms with E-state index < -0.39 is 38.5 Å². The van der Waals surface area contributed by atoms with Gasteiger partial charge in [-0.3, -0.25) is 14.5 Å². The van der Waals surface area contributed by atoms with Gasteiger partial charge < -0.3 is 23.9 Å². The van der Waals surface area contributed by atoms with E-state index in [2.05, 4.69) is 0 Å². The van der Waals surface area contributed by atoms with Crippen molar-refractivity contribution >= 4 is 27.0 Å². The summed E-state index contributed by atoms with van der Waals surface area (Å²) in [5.41, 5.74) is 0.413. The number of nitrogens with zero attached hydrogens (tertiary/aromatic N) is 1. The molecule has 36 heavy (non-hydrogen) atoms. The molecule has 10 nitrogen and oxygen atoms in total.